The molecule has 20 heavy (non-hydrogen) atoms. The third-order valence-corrected chi connectivity index (χ3v) is 3.73. The molecule has 2 aliphatic rings. The van der Waals surface area contributed by atoms with Crippen molar-refractivity contribution < 1.29 is 14.3 Å². The number of urea groups is 1. The highest BCUT2D eigenvalue weighted by atomic mass is 16.6. The van der Waals surface area contributed by atoms with Gasteiger partial charge in [-0.1, -0.05) is 0 Å². The molecule has 7 nitrogen and oxygen atoms in total. The zero-order valence-electron chi connectivity index (χ0n) is 11.4. The Balaban J connectivity index is 1.41. The average Bonchev–Trinajstić information content (AvgIpc) is 2.94. The maximum Gasteiger partial charge on any atom is 0.315 e. The second kappa shape index (κ2) is 6.23. The van der Waals surface area contributed by atoms with Crippen LogP contribution in [0.5, 0.6) is 0 Å². The number of ether oxygens (including phenoxy) is 2. The summed E-state index contributed by atoms with van der Waals surface area (Å²) in [7, 11) is 0. The number of aryl methyl sites for hydroxylation is 1. The van der Waals surface area contributed by atoms with E-state index in [1.54, 1.807) is 0 Å². The van der Waals surface area contributed by atoms with Crippen molar-refractivity contribution in [1.82, 2.24) is 20.8 Å². The molecule has 1 aliphatic heterocycles. The molecule has 110 valence electrons. The van der Waals surface area contributed by atoms with E-state index in [1.165, 1.54) is 11.3 Å². The molecular weight excluding hydrogens is 260 g/mol. The van der Waals surface area contributed by atoms with Crippen molar-refractivity contribution in [3.05, 3.63) is 17.5 Å². The fraction of sp³-hybridized carbons (Fsp3) is 0.692. The van der Waals surface area contributed by atoms with E-state index in [4.69, 9.17) is 9.47 Å². The van der Waals surface area contributed by atoms with Gasteiger partial charge in [0, 0.05) is 18.3 Å². The van der Waals surface area contributed by atoms with Crippen LogP contribution >= 0.6 is 0 Å². The van der Waals surface area contributed by atoms with Gasteiger partial charge in [-0.15, -0.1) is 0 Å². The molecule has 1 aromatic heterocycles. The molecule has 2 unspecified atom stereocenters. The molecule has 2 atom stereocenters. The van der Waals surface area contributed by atoms with Crippen LogP contribution in [0.25, 0.3) is 0 Å². The minimum atomic E-state index is -0.142. The number of aromatic amines is 1. The van der Waals surface area contributed by atoms with Gasteiger partial charge in [-0.25, -0.2) is 4.79 Å². The molecule has 1 saturated heterocycles. The van der Waals surface area contributed by atoms with Gasteiger partial charge >= 0.3 is 6.03 Å². The molecule has 7 heteroatoms. The molecule has 2 amide bonds. The Kier molecular flexibility index (Phi) is 4.17. The van der Waals surface area contributed by atoms with Gasteiger partial charge < -0.3 is 20.1 Å². The van der Waals surface area contributed by atoms with Crippen LogP contribution in [0.15, 0.2) is 6.20 Å². The van der Waals surface area contributed by atoms with Gasteiger partial charge in [0.05, 0.1) is 32.1 Å². The SMILES string of the molecule is O=C(NCC1COCCO1)NC1CCc2[nH]ncc2C1. The third-order valence-electron chi connectivity index (χ3n) is 3.73. The third kappa shape index (κ3) is 3.29. The largest absolute Gasteiger partial charge is 0.376 e. The fourth-order valence-corrected chi connectivity index (χ4v) is 2.64. The summed E-state index contributed by atoms with van der Waals surface area (Å²) in [5, 5.41) is 12.9. The first-order valence-corrected chi connectivity index (χ1v) is 7.06. The Morgan fingerprint density at radius 2 is 2.45 bits per heavy atom. The van der Waals surface area contributed by atoms with E-state index in [2.05, 4.69) is 20.8 Å². The number of nitrogens with zero attached hydrogens (tertiary/aromatic N) is 1. The number of carbonyl (C=O) groups excluding carboxylic acids is 1. The van der Waals surface area contributed by atoms with Gasteiger partial charge in [-0.05, 0) is 24.8 Å². The summed E-state index contributed by atoms with van der Waals surface area (Å²) in [6.45, 7) is 2.26. The zero-order chi connectivity index (χ0) is 13.8. The minimum Gasteiger partial charge on any atom is -0.376 e. The maximum absolute atomic E-state index is 11.9. The van der Waals surface area contributed by atoms with Crippen molar-refractivity contribution in [2.24, 2.45) is 0 Å². The van der Waals surface area contributed by atoms with E-state index in [9.17, 15) is 4.79 Å². The standard InChI is InChI=1S/C13H20N4O3/c18-13(14-7-11-8-19-3-4-20-11)16-10-1-2-12-9(5-10)6-15-17-12/h6,10-11H,1-5,7-8H2,(H,15,17)(H2,14,16,18). The fourth-order valence-electron chi connectivity index (χ4n) is 2.64. The lowest BCUT2D eigenvalue weighted by Gasteiger charge is -2.25. The van der Waals surface area contributed by atoms with Gasteiger partial charge in [0.2, 0.25) is 0 Å². The number of amides is 2. The lowest BCUT2D eigenvalue weighted by Crippen LogP contribution is -2.48. The van der Waals surface area contributed by atoms with Crippen LogP contribution < -0.4 is 10.6 Å². The van der Waals surface area contributed by atoms with Crippen LogP contribution in [-0.2, 0) is 22.3 Å². The Morgan fingerprint density at radius 1 is 1.50 bits per heavy atom. The molecule has 0 bridgehead atoms. The summed E-state index contributed by atoms with van der Waals surface area (Å²) < 4.78 is 10.8. The highest BCUT2D eigenvalue weighted by Gasteiger charge is 2.22. The van der Waals surface area contributed by atoms with Crippen molar-refractivity contribution in [1.29, 1.82) is 0 Å². The van der Waals surface area contributed by atoms with Crippen molar-refractivity contribution in [3.8, 4) is 0 Å². The number of carbonyl (C=O) groups is 1. The predicted molar refractivity (Wildman–Crippen MR) is 71.5 cm³/mol. The normalized spacial score (nSPS) is 25.8. The molecule has 1 aliphatic carbocycles. The summed E-state index contributed by atoms with van der Waals surface area (Å²) in [6, 6.07) is 0.0275. The van der Waals surface area contributed by atoms with Crippen LogP contribution in [0.1, 0.15) is 17.7 Å². The Morgan fingerprint density at radius 3 is 3.30 bits per heavy atom. The van der Waals surface area contributed by atoms with E-state index in [0.29, 0.717) is 26.4 Å². The van der Waals surface area contributed by atoms with Crippen molar-refractivity contribution >= 4 is 6.03 Å². The number of aromatic nitrogens is 2. The quantitative estimate of drug-likeness (QED) is 0.726. The highest BCUT2D eigenvalue weighted by Crippen LogP contribution is 2.18. The number of rotatable bonds is 3. The summed E-state index contributed by atoms with van der Waals surface area (Å²) in [5.41, 5.74) is 2.39. The van der Waals surface area contributed by atoms with Crippen molar-refractivity contribution in [2.75, 3.05) is 26.4 Å². The maximum atomic E-state index is 11.9. The second-order valence-electron chi connectivity index (χ2n) is 5.24. The number of hydrogen-bond acceptors (Lipinski definition) is 4. The highest BCUT2D eigenvalue weighted by molar-refractivity contribution is 5.74. The molecule has 0 saturated carbocycles. The first-order valence-electron chi connectivity index (χ1n) is 7.06. The number of hydrogen-bond donors (Lipinski definition) is 3. The Hall–Kier alpha value is -1.60. The smallest absolute Gasteiger partial charge is 0.315 e. The second-order valence-corrected chi connectivity index (χ2v) is 5.24. The molecular formula is C13H20N4O3. The molecule has 3 N–H and O–H groups in total. The van der Waals surface area contributed by atoms with E-state index < -0.39 is 0 Å². The van der Waals surface area contributed by atoms with Gasteiger partial charge in [-0.3, -0.25) is 5.10 Å². The van der Waals surface area contributed by atoms with E-state index in [-0.39, 0.29) is 18.2 Å². The van der Waals surface area contributed by atoms with Crippen LogP contribution in [-0.4, -0.2) is 54.7 Å². The topological polar surface area (TPSA) is 88.3 Å². The van der Waals surface area contributed by atoms with Crippen LogP contribution in [0.2, 0.25) is 0 Å². The number of fused-ring (bicyclic) bond motifs is 1. The lowest BCUT2D eigenvalue weighted by molar-refractivity contribution is -0.0853. The molecule has 0 spiro atoms. The zero-order valence-corrected chi connectivity index (χ0v) is 11.4. The van der Waals surface area contributed by atoms with Crippen molar-refractivity contribution in [3.63, 3.8) is 0 Å². The molecule has 1 fully saturated rings. The number of nitrogens with one attached hydrogen (secondary N) is 3. The molecule has 2 heterocycles. The monoisotopic (exact) mass is 280 g/mol. The number of H-pyrrole nitrogens is 1. The van der Waals surface area contributed by atoms with Gasteiger partial charge in [0.25, 0.3) is 0 Å². The predicted octanol–water partition coefficient (Wildman–Crippen LogP) is -0.0184. The Labute approximate surface area is 117 Å². The first-order chi connectivity index (χ1) is 9.81. The van der Waals surface area contributed by atoms with Crippen LogP contribution in [0.4, 0.5) is 4.79 Å². The van der Waals surface area contributed by atoms with Crippen LogP contribution in [0.3, 0.4) is 0 Å². The van der Waals surface area contributed by atoms with Crippen LogP contribution in [0, 0.1) is 0 Å². The average molecular weight is 280 g/mol. The minimum absolute atomic E-state index is 0.0404. The van der Waals surface area contributed by atoms with Gasteiger partial charge in [0.15, 0.2) is 0 Å². The lowest BCUT2D eigenvalue weighted by atomic mass is 9.94. The van der Waals surface area contributed by atoms with Gasteiger partial charge in [0.1, 0.15) is 0 Å². The molecule has 0 aromatic carbocycles. The molecule has 1 aromatic rings. The van der Waals surface area contributed by atoms with Gasteiger partial charge in [-0.2, -0.15) is 5.10 Å². The molecule has 0 radical (unpaired) electrons. The summed E-state index contributed by atoms with van der Waals surface area (Å²) in [5.74, 6) is 0. The van der Waals surface area contributed by atoms with Crippen molar-refractivity contribution in [2.45, 2.75) is 31.4 Å². The first kappa shape index (κ1) is 13.4. The van der Waals surface area contributed by atoms with E-state index in [1.807, 2.05) is 6.20 Å². The summed E-state index contributed by atoms with van der Waals surface area (Å²) >= 11 is 0. The molecule has 3 rings (SSSR count). The van der Waals surface area contributed by atoms with E-state index >= 15 is 0 Å². The van der Waals surface area contributed by atoms with E-state index in [0.717, 1.165) is 19.3 Å². The Bertz CT molecular complexity index is 456. The summed E-state index contributed by atoms with van der Waals surface area (Å²) in [6.07, 6.45) is 4.50. The summed E-state index contributed by atoms with van der Waals surface area (Å²) in [4.78, 5) is 11.9.